The second-order valence-electron chi connectivity index (χ2n) is 7.55. The summed E-state index contributed by atoms with van der Waals surface area (Å²) in [5.41, 5.74) is 4.33. The van der Waals surface area contributed by atoms with Crippen LogP contribution in [0.3, 0.4) is 0 Å². The molecule has 5 heteroatoms. The van der Waals surface area contributed by atoms with Crippen molar-refractivity contribution in [1.29, 1.82) is 0 Å². The number of methoxy groups -OCH3 is 1. The van der Waals surface area contributed by atoms with E-state index >= 15 is 0 Å². The van der Waals surface area contributed by atoms with Gasteiger partial charge in [-0.05, 0) is 25.5 Å². The predicted molar refractivity (Wildman–Crippen MR) is 102 cm³/mol. The van der Waals surface area contributed by atoms with E-state index in [0.29, 0.717) is 0 Å². The summed E-state index contributed by atoms with van der Waals surface area (Å²) in [6.45, 7) is 3.87. The molecule has 0 amide bonds. The predicted octanol–water partition coefficient (Wildman–Crippen LogP) is 4.40. The van der Waals surface area contributed by atoms with Gasteiger partial charge in [0.2, 0.25) is 0 Å². The Morgan fingerprint density at radius 3 is 2.41 bits per heavy atom. The zero-order valence-corrected chi connectivity index (χ0v) is 15.6. The van der Waals surface area contributed by atoms with E-state index in [1.54, 1.807) is 7.11 Å². The average Bonchev–Trinajstić information content (AvgIpc) is 3.30. The van der Waals surface area contributed by atoms with Gasteiger partial charge in [-0.2, -0.15) is 0 Å². The first-order chi connectivity index (χ1) is 13.1. The van der Waals surface area contributed by atoms with E-state index < -0.39 is 12.1 Å². The van der Waals surface area contributed by atoms with Crippen LogP contribution in [0.4, 0.5) is 0 Å². The van der Waals surface area contributed by atoms with Crippen LogP contribution in [-0.4, -0.2) is 36.4 Å². The van der Waals surface area contributed by atoms with E-state index in [4.69, 9.17) is 18.9 Å². The fourth-order valence-corrected chi connectivity index (χ4v) is 4.27. The molecule has 2 aliphatic heterocycles. The van der Waals surface area contributed by atoms with E-state index in [0.717, 1.165) is 27.7 Å². The van der Waals surface area contributed by atoms with Crippen LogP contribution in [0.5, 0.6) is 0 Å². The summed E-state index contributed by atoms with van der Waals surface area (Å²) in [6, 6.07) is 18.6. The number of para-hydroxylation sites is 1. The normalized spacial score (nSPS) is 29.3. The monoisotopic (exact) mass is 365 g/mol. The molecule has 140 valence electrons. The Morgan fingerprint density at radius 1 is 0.926 bits per heavy atom. The van der Waals surface area contributed by atoms with Crippen molar-refractivity contribution in [3.8, 4) is 11.3 Å². The molecule has 1 N–H and O–H groups in total. The highest BCUT2D eigenvalue weighted by Gasteiger charge is 2.56. The second-order valence-corrected chi connectivity index (χ2v) is 7.55. The standard InChI is InChI=1S/C22H23NO4/c1-22(2)26-19-18(25-21(24-3)20(19)27-22)16-14-11-7-8-12-15(14)23-17(16)13-9-5-4-6-10-13/h4-12,18-21,23H,1-3H3/t18-,19?,20?,21+/m1/s1. The Labute approximate surface area is 158 Å². The summed E-state index contributed by atoms with van der Waals surface area (Å²) >= 11 is 0. The van der Waals surface area contributed by atoms with Gasteiger partial charge in [0.1, 0.15) is 18.3 Å². The summed E-state index contributed by atoms with van der Waals surface area (Å²) in [5.74, 6) is -0.660. The van der Waals surface area contributed by atoms with E-state index in [9.17, 15) is 0 Å². The largest absolute Gasteiger partial charge is 0.354 e. The minimum absolute atomic E-state index is 0.230. The molecule has 0 spiro atoms. The molecule has 0 bridgehead atoms. The van der Waals surface area contributed by atoms with Crippen molar-refractivity contribution < 1.29 is 18.9 Å². The van der Waals surface area contributed by atoms with Crippen molar-refractivity contribution in [1.82, 2.24) is 4.98 Å². The maximum absolute atomic E-state index is 6.29. The van der Waals surface area contributed by atoms with Gasteiger partial charge >= 0.3 is 0 Å². The first-order valence-corrected chi connectivity index (χ1v) is 9.27. The molecular formula is C22H23NO4. The number of ether oxygens (including phenoxy) is 4. The molecular weight excluding hydrogens is 342 g/mol. The quantitative estimate of drug-likeness (QED) is 0.747. The molecule has 2 unspecified atom stereocenters. The van der Waals surface area contributed by atoms with Crippen molar-refractivity contribution in [3.63, 3.8) is 0 Å². The van der Waals surface area contributed by atoms with Gasteiger partial charge < -0.3 is 23.9 Å². The van der Waals surface area contributed by atoms with E-state index in [1.807, 2.05) is 44.2 Å². The van der Waals surface area contributed by atoms with E-state index in [2.05, 4.69) is 29.2 Å². The summed E-state index contributed by atoms with van der Waals surface area (Å²) in [6.07, 6.45) is -1.23. The van der Waals surface area contributed by atoms with Crippen LogP contribution in [-0.2, 0) is 18.9 Å². The second kappa shape index (κ2) is 6.17. The molecule has 3 heterocycles. The molecule has 2 aromatic carbocycles. The Morgan fingerprint density at radius 2 is 1.63 bits per heavy atom. The van der Waals surface area contributed by atoms with Crippen molar-refractivity contribution in [3.05, 3.63) is 60.2 Å². The third-order valence-corrected chi connectivity index (χ3v) is 5.34. The number of nitrogens with one attached hydrogen (secondary N) is 1. The molecule has 5 nitrogen and oxygen atoms in total. The Hall–Kier alpha value is -2.18. The SMILES string of the molecule is CO[C@H]1O[C@H](c2c(-c3ccccc3)[nH]c3ccccc23)C2OC(C)(C)OC21. The fourth-order valence-electron chi connectivity index (χ4n) is 4.27. The average molecular weight is 365 g/mol. The minimum atomic E-state index is -0.660. The van der Waals surface area contributed by atoms with Crippen LogP contribution in [0.1, 0.15) is 25.5 Å². The first-order valence-electron chi connectivity index (χ1n) is 9.27. The molecule has 27 heavy (non-hydrogen) atoms. The highest BCUT2D eigenvalue weighted by molar-refractivity contribution is 5.91. The molecule has 0 radical (unpaired) electrons. The van der Waals surface area contributed by atoms with Crippen LogP contribution >= 0.6 is 0 Å². The van der Waals surface area contributed by atoms with Gasteiger partial charge in [-0.1, -0.05) is 48.5 Å². The van der Waals surface area contributed by atoms with Gasteiger partial charge in [0, 0.05) is 23.6 Å². The number of hydrogen-bond acceptors (Lipinski definition) is 4. The number of fused-ring (bicyclic) bond motifs is 2. The first kappa shape index (κ1) is 17.0. The van der Waals surface area contributed by atoms with Crippen LogP contribution in [0.15, 0.2) is 54.6 Å². The summed E-state index contributed by atoms with van der Waals surface area (Å²) in [4.78, 5) is 3.57. The van der Waals surface area contributed by atoms with Crippen LogP contribution in [0.2, 0.25) is 0 Å². The number of H-pyrrole nitrogens is 1. The van der Waals surface area contributed by atoms with E-state index in [-0.39, 0.29) is 18.3 Å². The molecule has 4 atom stereocenters. The molecule has 2 saturated heterocycles. The fraction of sp³-hybridized carbons (Fsp3) is 0.364. The Balaban J connectivity index is 1.68. The van der Waals surface area contributed by atoms with Gasteiger partial charge in [0.15, 0.2) is 12.1 Å². The number of hydrogen-bond donors (Lipinski definition) is 1. The third kappa shape index (κ3) is 2.70. The molecule has 3 aromatic rings. The number of benzene rings is 2. The Kier molecular flexibility index (Phi) is 3.88. The summed E-state index contributed by atoms with van der Waals surface area (Å²) in [5, 5.41) is 1.13. The zero-order valence-electron chi connectivity index (χ0n) is 15.6. The minimum Gasteiger partial charge on any atom is -0.354 e. The number of aromatic nitrogens is 1. The smallest absolute Gasteiger partial charge is 0.187 e. The van der Waals surface area contributed by atoms with Crippen molar-refractivity contribution >= 4 is 10.9 Å². The number of rotatable bonds is 3. The lowest BCUT2D eigenvalue weighted by molar-refractivity contribution is -0.228. The molecule has 0 aliphatic carbocycles. The molecule has 5 rings (SSSR count). The molecule has 2 fully saturated rings. The van der Waals surface area contributed by atoms with Gasteiger partial charge in [0.25, 0.3) is 0 Å². The van der Waals surface area contributed by atoms with Gasteiger partial charge in [-0.15, -0.1) is 0 Å². The molecule has 1 aromatic heterocycles. The maximum atomic E-state index is 6.29. The molecule has 2 aliphatic rings. The third-order valence-electron chi connectivity index (χ3n) is 5.34. The lowest BCUT2D eigenvalue weighted by atomic mass is 9.96. The highest BCUT2D eigenvalue weighted by atomic mass is 16.8. The highest BCUT2D eigenvalue weighted by Crippen LogP contribution is 2.49. The number of aromatic amines is 1. The van der Waals surface area contributed by atoms with Crippen molar-refractivity contribution in [2.75, 3.05) is 7.11 Å². The van der Waals surface area contributed by atoms with Crippen LogP contribution in [0.25, 0.3) is 22.2 Å². The maximum Gasteiger partial charge on any atom is 0.187 e. The van der Waals surface area contributed by atoms with Gasteiger partial charge in [-0.25, -0.2) is 0 Å². The van der Waals surface area contributed by atoms with Gasteiger partial charge in [0.05, 0.1) is 5.69 Å². The lowest BCUT2D eigenvalue weighted by Gasteiger charge is -2.24. The Bertz CT molecular complexity index is 965. The molecule has 0 saturated carbocycles. The van der Waals surface area contributed by atoms with E-state index in [1.165, 1.54) is 0 Å². The van der Waals surface area contributed by atoms with Crippen molar-refractivity contribution in [2.24, 2.45) is 0 Å². The lowest BCUT2D eigenvalue weighted by Crippen LogP contribution is -2.30. The van der Waals surface area contributed by atoms with Crippen LogP contribution < -0.4 is 0 Å². The summed E-state index contributed by atoms with van der Waals surface area (Å²) < 4.78 is 24.2. The van der Waals surface area contributed by atoms with Crippen molar-refractivity contribution in [2.45, 2.75) is 44.2 Å². The zero-order chi connectivity index (χ0) is 18.6. The topological polar surface area (TPSA) is 52.7 Å². The summed E-state index contributed by atoms with van der Waals surface area (Å²) in [7, 11) is 1.64. The van der Waals surface area contributed by atoms with Gasteiger partial charge in [-0.3, -0.25) is 0 Å². The van der Waals surface area contributed by atoms with Crippen LogP contribution in [0, 0.1) is 0 Å².